The zero-order chi connectivity index (χ0) is 14.3. The molecule has 1 aliphatic heterocycles. The highest BCUT2D eigenvalue weighted by atomic mass is 16.5. The van der Waals surface area contributed by atoms with Gasteiger partial charge in [-0.25, -0.2) is 0 Å². The highest BCUT2D eigenvalue weighted by molar-refractivity contribution is 5.76. The molecular formula is C14H29N3O2. The van der Waals surface area contributed by atoms with Crippen molar-refractivity contribution in [2.45, 2.75) is 45.7 Å². The molecule has 0 aromatic heterocycles. The van der Waals surface area contributed by atoms with Crippen molar-refractivity contribution in [3.63, 3.8) is 0 Å². The van der Waals surface area contributed by atoms with Gasteiger partial charge in [0.15, 0.2) is 0 Å². The fourth-order valence-electron chi connectivity index (χ4n) is 2.37. The van der Waals surface area contributed by atoms with Crippen molar-refractivity contribution in [2.24, 2.45) is 0 Å². The minimum Gasteiger partial charge on any atom is -0.379 e. The quantitative estimate of drug-likeness (QED) is 0.712. The van der Waals surface area contributed by atoms with Gasteiger partial charge in [0.2, 0.25) is 5.91 Å². The second-order valence-corrected chi connectivity index (χ2v) is 5.85. The maximum atomic E-state index is 11.9. The normalized spacial score (nSPS) is 19.2. The first-order valence-electron chi connectivity index (χ1n) is 7.28. The lowest BCUT2D eigenvalue weighted by atomic mass is 10.0. The van der Waals surface area contributed by atoms with Gasteiger partial charge in [0, 0.05) is 37.6 Å². The summed E-state index contributed by atoms with van der Waals surface area (Å²) in [7, 11) is 0. The molecule has 1 aliphatic rings. The van der Waals surface area contributed by atoms with E-state index in [1.54, 1.807) is 0 Å². The molecule has 1 fully saturated rings. The molecule has 5 nitrogen and oxygen atoms in total. The summed E-state index contributed by atoms with van der Waals surface area (Å²) in [5.41, 5.74) is -0.0130. The average Bonchev–Trinajstić information content (AvgIpc) is 2.38. The summed E-state index contributed by atoms with van der Waals surface area (Å²) in [6, 6.07) is 0.233. The lowest BCUT2D eigenvalue weighted by molar-refractivity contribution is -0.122. The van der Waals surface area contributed by atoms with Crippen LogP contribution in [-0.4, -0.2) is 61.8 Å². The van der Waals surface area contributed by atoms with Gasteiger partial charge in [-0.1, -0.05) is 6.92 Å². The molecule has 112 valence electrons. The number of carbonyl (C=O) groups excluding carboxylic acids is 1. The molecule has 1 saturated heterocycles. The summed E-state index contributed by atoms with van der Waals surface area (Å²) in [6.07, 6.45) is 0.535. The Balaban J connectivity index is 2.31. The topological polar surface area (TPSA) is 53.6 Å². The van der Waals surface area contributed by atoms with Crippen LogP contribution in [0.15, 0.2) is 0 Å². The third-order valence-electron chi connectivity index (χ3n) is 3.63. The van der Waals surface area contributed by atoms with E-state index in [0.29, 0.717) is 13.0 Å². The molecule has 1 rings (SSSR count). The lowest BCUT2D eigenvalue weighted by Crippen LogP contribution is -2.55. The molecule has 1 atom stereocenters. The minimum atomic E-state index is -0.0130. The summed E-state index contributed by atoms with van der Waals surface area (Å²) in [5, 5.41) is 6.30. The second-order valence-electron chi connectivity index (χ2n) is 5.85. The summed E-state index contributed by atoms with van der Waals surface area (Å²) < 4.78 is 5.36. The predicted molar refractivity (Wildman–Crippen MR) is 77.2 cm³/mol. The number of hydrogen-bond acceptors (Lipinski definition) is 4. The molecule has 0 bridgehead atoms. The van der Waals surface area contributed by atoms with Crippen molar-refractivity contribution < 1.29 is 9.53 Å². The number of morpholine rings is 1. The van der Waals surface area contributed by atoms with E-state index in [-0.39, 0.29) is 17.5 Å². The van der Waals surface area contributed by atoms with Crippen LogP contribution in [0.25, 0.3) is 0 Å². The zero-order valence-electron chi connectivity index (χ0n) is 12.8. The summed E-state index contributed by atoms with van der Waals surface area (Å²) in [4.78, 5) is 14.2. The Morgan fingerprint density at radius 3 is 2.58 bits per heavy atom. The van der Waals surface area contributed by atoms with Gasteiger partial charge >= 0.3 is 0 Å². The van der Waals surface area contributed by atoms with Crippen LogP contribution >= 0.6 is 0 Å². The standard InChI is InChI=1S/C14H29N3O2/c1-5-15-12(2)10-13(18)16-11-14(3,4)17-6-8-19-9-7-17/h12,15H,5-11H2,1-4H3,(H,16,18). The number of hydrogen-bond donors (Lipinski definition) is 2. The highest BCUT2D eigenvalue weighted by Gasteiger charge is 2.28. The van der Waals surface area contributed by atoms with Crippen molar-refractivity contribution in [1.29, 1.82) is 0 Å². The van der Waals surface area contributed by atoms with Crippen molar-refractivity contribution >= 4 is 5.91 Å². The smallest absolute Gasteiger partial charge is 0.221 e. The summed E-state index contributed by atoms with van der Waals surface area (Å²) in [6.45, 7) is 13.5. The minimum absolute atomic E-state index is 0.0130. The van der Waals surface area contributed by atoms with Gasteiger partial charge < -0.3 is 15.4 Å². The fraction of sp³-hybridized carbons (Fsp3) is 0.929. The largest absolute Gasteiger partial charge is 0.379 e. The number of ether oxygens (including phenoxy) is 1. The van der Waals surface area contributed by atoms with Gasteiger partial charge in [-0.05, 0) is 27.3 Å². The molecule has 0 aromatic rings. The van der Waals surface area contributed by atoms with Crippen LogP contribution in [0.2, 0.25) is 0 Å². The molecule has 2 N–H and O–H groups in total. The van der Waals surface area contributed by atoms with E-state index in [2.05, 4.69) is 36.3 Å². The Hall–Kier alpha value is -0.650. The number of nitrogens with one attached hydrogen (secondary N) is 2. The first kappa shape index (κ1) is 16.4. The van der Waals surface area contributed by atoms with Crippen LogP contribution in [0.3, 0.4) is 0 Å². The van der Waals surface area contributed by atoms with Gasteiger partial charge in [-0.15, -0.1) is 0 Å². The van der Waals surface area contributed by atoms with Crippen LogP contribution in [0.5, 0.6) is 0 Å². The predicted octanol–water partition coefficient (Wildman–Crippen LogP) is 0.602. The Morgan fingerprint density at radius 2 is 2.00 bits per heavy atom. The maximum absolute atomic E-state index is 11.9. The molecule has 0 radical (unpaired) electrons. The summed E-state index contributed by atoms with van der Waals surface area (Å²) in [5.74, 6) is 0.120. The first-order valence-corrected chi connectivity index (χ1v) is 7.28. The maximum Gasteiger partial charge on any atom is 0.221 e. The number of carbonyl (C=O) groups is 1. The summed E-state index contributed by atoms with van der Waals surface area (Å²) >= 11 is 0. The van der Waals surface area contributed by atoms with E-state index in [0.717, 1.165) is 32.8 Å². The van der Waals surface area contributed by atoms with Gasteiger partial charge in [0.05, 0.1) is 13.2 Å². The van der Waals surface area contributed by atoms with E-state index >= 15 is 0 Å². The third kappa shape index (κ3) is 5.89. The Kier molecular flexibility index (Phi) is 6.75. The van der Waals surface area contributed by atoms with Gasteiger partial charge in [-0.3, -0.25) is 9.69 Å². The number of nitrogens with zero attached hydrogens (tertiary/aromatic N) is 1. The molecule has 1 heterocycles. The van der Waals surface area contributed by atoms with Gasteiger partial charge in [-0.2, -0.15) is 0 Å². The van der Waals surface area contributed by atoms with Crippen molar-refractivity contribution in [3.05, 3.63) is 0 Å². The molecule has 0 aliphatic carbocycles. The van der Waals surface area contributed by atoms with Crippen LogP contribution in [0, 0.1) is 0 Å². The molecule has 5 heteroatoms. The van der Waals surface area contributed by atoms with E-state index in [1.807, 2.05) is 6.92 Å². The van der Waals surface area contributed by atoms with E-state index < -0.39 is 0 Å². The van der Waals surface area contributed by atoms with Crippen LogP contribution in [-0.2, 0) is 9.53 Å². The molecule has 0 spiro atoms. The van der Waals surface area contributed by atoms with Crippen LogP contribution in [0.4, 0.5) is 0 Å². The van der Waals surface area contributed by atoms with Crippen molar-refractivity contribution in [2.75, 3.05) is 39.4 Å². The number of rotatable bonds is 7. The molecule has 1 amide bonds. The lowest BCUT2D eigenvalue weighted by Gasteiger charge is -2.40. The van der Waals surface area contributed by atoms with Crippen LogP contribution in [0.1, 0.15) is 34.1 Å². The molecule has 0 saturated carbocycles. The highest BCUT2D eigenvalue weighted by Crippen LogP contribution is 2.15. The van der Waals surface area contributed by atoms with Gasteiger partial charge in [0.1, 0.15) is 0 Å². The fourth-order valence-corrected chi connectivity index (χ4v) is 2.37. The van der Waals surface area contributed by atoms with Crippen molar-refractivity contribution in [1.82, 2.24) is 15.5 Å². The average molecular weight is 271 g/mol. The second kappa shape index (κ2) is 7.82. The molecule has 0 aromatic carbocycles. The Labute approximate surface area is 117 Å². The van der Waals surface area contributed by atoms with Crippen molar-refractivity contribution in [3.8, 4) is 0 Å². The third-order valence-corrected chi connectivity index (χ3v) is 3.63. The van der Waals surface area contributed by atoms with E-state index in [1.165, 1.54) is 0 Å². The molecular weight excluding hydrogens is 242 g/mol. The van der Waals surface area contributed by atoms with Crippen LogP contribution < -0.4 is 10.6 Å². The monoisotopic (exact) mass is 271 g/mol. The number of amides is 1. The van der Waals surface area contributed by atoms with Gasteiger partial charge in [0.25, 0.3) is 0 Å². The van der Waals surface area contributed by atoms with E-state index in [9.17, 15) is 4.79 Å². The molecule has 19 heavy (non-hydrogen) atoms. The Bertz CT molecular complexity index is 276. The zero-order valence-corrected chi connectivity index (χ0v) is 12.8. The van der Waals surface area contributed by atoms with E-state index in [4.69, 9.17) is 4.74 Å². The first-order chi connectivity index (χ1) is 8.95. The molecule has 1 unspecified atom stereocenters. The Morgan fingerprint density at radius 1 is 1.37 bits per heavy atom. The SMILES string of the molecule is CCNC(C)CC(=O)NCC(C)(C)N1CCOCC1.